The van der Waals surface area contributed by atoms with E-state index in [1.54, 1.807) is 18.2 Å². The van der Waals surface area contributed by atoms with Crippen LogP contribution >= 0.6 is 0 Å². The number of rotatable bonds is 5. The van der Waals surface area contributed by atoms with Crippen LogP contribution in [0.25, 0.3) is 22.9 Å². The Bertz CT molecular complexity index is 833. The van der Waals surface area contributed by atoms with Gasteiger partial charge in [0.15, 0.2) is 17.5 Å². The molecule has 0 spiro atoms. The maximum atomic E-state index is 11.4. The van der Waals surface area contributed by atoms with Crippen LogP contribution < -0.4 is 21.7 Å². The van der Waals surface area contributed by atoms with E-state index in [1.165, 1.54) is 19.6 Å². The van der Waals surface area contributed by atoms with E-state index in [2.05, 4.69) is 20.8 Å². The molecule has 2 heterocycles. The average molecular weight is 588 g/mol. The maximum Gasteiger partial charge on any atom is 2.00 e. The molecule has 7 nitrogen and oxygen atoms in total. The average Bonchev–Trinajstić information content (AvgIpc) is 3.24. The van der Waals surface area contributed by atoms with Gasteiger partial charge in [-0.2, -0.15) is 0 Å². The second kappa shape index (κ2) is 9.53. The van der Waals surface area contributed by atoms with Crippen molar-refractivity contribution in [2.24, 2.45) is 0 Å². The summed E-state index contributed by atoms with van der Waals surface area (Å²) in [7, 11) is 1.28. The van der Waals surface area contributed by atoms with Gasteiger partial charge in [-0.25, -0.2) is 9.78 Å². The third kappa shape index (κ3) is 4.80. The Balaban J connectivity index is 0.00000156. The zero-order valence-electron chi connectivity index (χ0n) is 13.2. The van der Waals surface area contributed by atoms with Gasteiger partial charge in [0.1, 0.15) is 12.5 Å². The fourth-order valence-electron chi connectivity index (χ4n) is 1.91. The Hall–Kier alpha value is -1.92. The summed E-state index contributed by atoms with van der Waals surface area (Å²) >= 11 is 0. The van der Waals surface area contributed by atoms with Crippen LogP contribution in [-0.4, -0.2) is 29.7 Å². The second-order valence-electron chi connectivity index (χ2n) is 4.43. The molecule has 0 fully saturated rings. The monoisotopic (exact) mass is 587 g/mol. The van der Waals surface area contributed by atoms with Crippen LogP contribution in [0, 0.1) is 6.07 Å². The molecule has 0 aliphatic carbocycles. The van der Waals surface area contributed by atoms with Gasteiger partial charge in [-0.05, 0) is 6.92 Å². The molecule has 2 aromatic heterocycles. The largest absolute Gasteiger partial charge is 2.00 e. The Labute approximate surface area is 168 Å². The second-order valence-corrected chi connectivity index (χ2v) is 4.43. The van der Waals surface area contributed by atoms with Crippen molar-refractivity contribution in [3.63, 3.8) is 0 Å². The first-order valence-electron chi connectivity index (χ1n) is 6.86. The summed E-state index contributed by atoms with van der Waals surface area (Å²) in [6, 6.07) is 8.41. The summed E-state index contributed by atoms with van der Waals surface area (Å²) in [5.74, 6) is 0.398. The Kier molecular flexibility index (Phi) is 8.05. The number of oxazole rings is 2. The van der Waals surface area contributed by atoms with E-state index < -0.39 is 5.97 Å². The number of aromatic nitrogens is 2. The number of esters is 1. The van der Waals surface area contributed by atoms with Crippen LogP contribution in [0.5, 0.6) is 5.95 Å². The van der Waals surface area contributed by atoms with E-state index in [4.69, 9.17) is 13.6 Å². The summed E-state index contributed by atoms with van der Waals surface area (Å²) in [6.45, 7) is 2.35. The molecule has 0 N–H and O–H groups in total. The zero-order valence-corrected chi connectivity index (χ0v) is 17.1. The molecule has 0 saturated heterocycles. The van der Waals surface area contributed by atoms with Gasteiger partial charge in [0.2, 0.25) is 0 Å². The van der Waals surface area contributed by atoms with E-state index in [1.807, 2.05) is 6.92 Å². The van der Waals surface area contributed by atoms with Gasteiger partial charge in [0.05, 0.1) is 13.7 Å². The van der Waals surface area contributed by atoms with E-state index in [0.29, 0.717) is 29.6 Å². The third-order valence-corrected chi connectivity index (χ3v) is 2.93. The zero-order chi connectivity index (χ0) is 16.2. The molecule has 0 saturated carbocycles. The number of carbonyl (C=O) groups excluding carboxylic acids is 1. The molecule has 134 valence electrons. The summed E-state index contributed by atoms with van der Waals surface area (Å²) in [5.41, 5.74) is 1.27. The van der Waals surface area contributed by atoms with Gasteiger partial charge >= 0.3 is 27.0 Å². The van der Waals surface area contributed by atoms with Crippen LogP contribution in [0.4, 0.5) is 0 Å². The fraction of sp³-hybridized carbons (Fsp3) is 0.188. The number of halogens is 1. The topological polar surface area (TPSA) is 87.6 Å². The smallest absolute Gasteiger partial charge is 1.00 e. The molecule has 0 atom stereocenters. The van der Waals surface area contributed by atoms with E-state index in [9.17, 15) is 4.79 Å². The van der Waals surface area contributed by atoms with Gasteiger partial charge in [0.25, 0.3) is 5.95 Å². The van der Waals surface area contributed by atoms with Crippen molar-refractivity contribution in [1.82, 2.24) is 9.97 Å². The molecule has 0 radical (unpaired) electrons. The van der Waals surface area contributed by atoms with Gasteiger partial charge in [-0.1, -0.05) is 11.1 Å². The van der Waals surface area contributed by atoms with E-state index >= 15 is 0 Å². The molecule has 0 amide bonds. The van der Waals surface area contributed by atoms with Crippen molar-refractivity contribution in [2.75, 3.05) is 13.7 Å². The maximum absolute atomic E-state index is 11.4. The SMILES string of the molecule is CCOc1cnc(-c2[c-]c(-c3nc(C(=O)OC)co3)ccc2)o1.[Br-].[Pt+2]. The van der Waals surface area contributed by atoms with Gasteiger partial charge in [-0.3, -0.25) is 4.98 Å². The Morgan fingerprint density at radius 1 is 1.28 bits per heavy atom. The standard InChI is InChI=1S/C16H13N2O5.BrH.Pt/c1-3-21-13-8-17-14(23-13)10-5-4-6-11(7-10)15-18-12(9-22-15)16(19)20-2;;/h4-6,8-9H,3H2,1-2H3;1H;/q-1;;+2/p-1. The van der Waals surface area contributed by atoms with E-state index in [-0.39, 0.29) is 49.6 Å². The van der Waals surface area contributed by atoms with Gasteiger partial charge in [-0.15, -0.1) is 24.3 Å². The van der Waals surface area contributed by atoms with Crippen LogP contribution in [0.15, 0.2) is 39.5 Å². The minimum absolute atomic E-state index is 0. The molecule has 0 unspecified atom stereocenters. The van der Waals surface area contributed by atoms with Crippen molar-refractivity contribution in [3.05, 3.63) is 42.4 Å². The molecular formula is C16H13BrN2O5Pt. The first-order chi connectivity index (χ1) is 11.2. The van der Waals surface area contributed by atoms with Crippen molar-refractivity contribution in [1.29, 1.82) is 0 Å². The molecule has 0 aliphatic rings. The number of ether oxygens (including phenoxy) is 2. The minimum atomic E-state index is -0.565. The summed E-state index contributed by atoms with van der Waals surface area (Å²) in [5, 5.41) is 0. The fourth-order valence-corrected chi connectivity index (χ4v) is 1.91. The van der Waals surface area contributed by atoms with Crippen molar-refractivity contribution in [3.8, 4) is 28.9 Å². The molecule has 1 aromatic carbocycles. The first kappa shape index (κ1) is 21.1. The number of hydrogen-bond donors (Lipinski definition) is 0. The van der Waals surface area contributed by atoms with Crippen LogP contribution in [0.1, 0.15) is 17.4 Å². The summed E-state index contributed by atoms with van der Waals surface area (Å²) < 4.78 is 20.6. The molecular weight excluding hydrogens is 575 g/mol. The number of benzene rings is 1. The Morgan fingerprint density at radius 3 is 2.68 bits per heavy atom. The molecule has 9 heteroatoms. The van der Waals surface area contributed by atoms with Crippen LogP contribution in [0.3, 0.4) is 0 Å². The third-order valence-electron chi connectivity index (χ3n) is 2.93. The van der Waals surface area contributed by atoms with Crippen LogP contribution in [0.2, 0.25) is 0 Å². The Morgan fingerprint density at radius 2 is 2.00 bits per heavy atom. The quantitative estimate of drug-likeness (QED) is 0.306. The number of methoxy groups -OCH3 is 1. The predicted octanol–water partition coefficient (Wildman–Crippen LogP) is -0.0164. The summed E-state index contributed by atoms with van der Waals surface area (Å²) in [4.78, 5) is 19.6. The first-order valence-corrected chi connectivity index (χ1v) is 6.86. The molecule has 0 aliphatic heterocycles. The van der Waals surface area contributed by atoms with Gasteiger partial charge < -0.3 is 35.3 Å². The van der Waals surface area contributed by atoms with Crippen molar-refractivity contribution >= 4 is 5.97 Å². The number of carbonyl (C=O) groups is 1. The molecule has 3 rings (SSSR count). The molecule has 3 aromatic rings. The predicted molar refractivity (Wildman–Crippen MR) is 78.8 cm³/mol. The van der Waals surface area contributed by atoms with Crippen LogP contribution in [-0.2, 0) is 25.8 Å². The van der Waals surface area contributed by atoms with Gasteiger partial charge in [0, 0.05) is 0 Å². The number of hydrogen-bond acceptors (Lipinski definition) is 7. The van der Waals surface area contributed by atoms with Crippen molar-refractivity contribution in [2.45, 2.75) is 6.92 Å². The molecule has 0 bridgehead atoms. The van der Waals surface area contributed by atoms with Crippen molar-refractivity contribution < 1.29 is 61.1 Å². The number of nitrogens with zero attached hydrogens (tertiary/aromatic N) is 2. The molecule has 25 heavy (non-hydrogen) atoms. The summed E-state index contributed by atoms with van der Waals surface area (Å²) in [6.07, 6.45) is 2.74. The van der Waals surface area contributed by atoms with E-state index in [0.717, 1.165) is 0 Å². The minimum Gasteiger partial charge on any atom is -1.00 e. The normalized spacial score (nSPS) is 9.68.